The molecule has 0 saturated heterocycles. The smallest absolute Gasteiger partial charge is 0.210 e. The van der Waals surface area contributed by atoms with E-state index < -0.39 is 0 Å². The quantitative estimate of drug-likeness (QED) is 0.680. The van der Waals surface area contributed by atoms with E-state index >= 15 is 0 Å². The molecule has 1 aromatic heterocycles. The summed E-state index contributed by atoms with van der Waals surface area (Å²) >= 11 is 3.11. The van der Waals surface area contributed by atoms with E-state index in [0.717, 1.165) is 20.7 Å². The number of nitriles is 1. The second kappa shape index (κ2) is 7.27. The fourth-order valence-corrected chi connectivity index (χ4v) is 3.81. The van der Waals surface area contributed by atoms with E-state index in [2.05, 4.69) is 34.6 Å². The van der Waals surface area contributed by atoms with Crippen molar-refractivity contribution in [3.8, 4) is 6.07 Å². The van der Waals surface area contributed by atoms with E-state index in [-0.39, 0.29) is 0 Å². The fourth-order valence-electron chi connectivity index (χ4n) is 2.04. The molecular weight excluding hydrogens is 324 g/mol. The Bertz CT molecular complexity index is 852. The minimum Gasteiger partial charge on any atom is -0.330 e. The average molecular weight is 338 g/mol. The molecule has 0 fully saturated rings. The normalized spacial score (nSPS) is 10.3. The van der Waals surface area contributed by atoms with Gasteiger partial charge in [0.05, 0.1) is 11.6 Å². The lowest BCUT2D eigenvalue weighted by Crippen LogP contribution is -1.91. The van der Waals surface area contributed by atoms with Gasteiger partial charge in [-0.25, -0.2) is 0 Å². The molecule has 1 N–H and O–H groups in total. The molecule has 0 radical (unpaired) electrons. The van der Waals surface area contributed by atoms with Gasteiger partial charge in [0.15, 0.2) is 4.34 Å². The number of aryl methyl sites for hydroxylation is 1. The molecular formula is C17H14N4S2. The predicted octanol–water partition coefficient (Wildman–Crippen LogP) is 4.75. The summed E-state index contributed by atoms with van der Waals surface area (Å²) in [5.41, 5.74) is 3.93. The van der Waals surface area contributed by atoms with Gasteiger partial charge in [0.1, 0.15) is 0 Å². The first kappa shape index (κ1) is 15.5. The van der Waals surface area contributed by atoms with Crippen LogP contribution in [0, 0.1) is 18.3 Å². The van der Waals surface area contributed by atoms with Gasteiger partial charge in [-0.1, -0.05) is 59.5 Å². The second-order valence-corrected chi connectivity index (χ2v) is 7.07. The first-order chi connectivity index (χ1) is 11.3. The number of rotatable bonds is 5. The van der Waals surface area contributed by atoms with Crippen molar-refractivity contribution < 1.29 is 0 Å². The summed E-state index contributed by atoms with van der Waals surface area (Å²) in [7, 11) is 0. The van der Waals surface area contributed by atoms with Gasteiger partial charge >= 0.3 is 0 Å². The van der Waals surface area contributed by atoms with Crippen LogP contribution < -0.4 is 5.32 Å². The van der Waals surface area contributed by atoms with Gasteiger partial charge in [-0.15, -0.1) is 10.2 Å². The predicted molar refractivity (Wildman–Crippen MR) is 95.1 cm³/mol. The van der Waals surface area contributed by atoms with Crippen LogP contribution in [0.25, 0.3) is 0 Å². The number of para-hydroxylation sites is 1. The van der Waals surface area contributed by atoms with Crippen molar-refractivity contribution in [2.75, 3.05) is 5.32 Å². The summed E-state index contributed by atoms with van der Waals surface area (Å²) in [4.78, 5) is 0. The number of benzene rings is 2. The maximum absolute atomic E-state index is 9.12. The second-order valence-electron chi connectivity index (χ2n) is 4.87. The van der Waals surface area contributed by atoms with Crippen molar-refractivity contribution >= 4 is 33.9 Å². The molecule has 3 aromatic rings. The maximum atomic E-state index is 9.12. The molecule has 0 bridgehead atoms. The van der Waals surface area contributed by atoms with Gasteiger partial charge < -0.3 is 5.32 Å². The topological polar surface area (TPSA) is 61.6 Å². The Morgan fingerprint density at radius 1 is 1.13 bits per heavy atom. The highest BCUT2D eigenvalue weighted by Gasteiger charge is 2.08. The van der Waals surface area contributed by atoms with Crippen LogP contribution in [0.5, 0.6) is 0 Å². The molecule has 0 unspecified atom stereocenters. The van der Waals surface area contributed by atoms with E-state index in [4.69, 9.17) is 5.26 Å². The third-order valence-electron chi connectivity index (χ3n) is 3.28. The van der Waals surface area contributed by atoms with Gasteiger partial charge in [0, 0.05) is 11.4 Å². The van der Waals surface area contributed by atoms with Crippen LogP contribution in [0.15, 0.2) is 52.9 Å². The Kier molecular flexibility index (Phi) is 4.91. The molecule has 4 nitrogen and oxygen atoms in total. The van der Waals surface area contributed by atoms with E-state index in [1.165, 1.54) is 16.9 Å². The molecule has 0 aliphatic heterocycles. The monoisotopic (exact) mass is 338 g/mol. The zero-order valence-corrected chi connectivity index (χ0v) is 14.1. The number of aromatic nitrogens is 2. The molecule has 3 rings (SSSR count). The molecule has 0 aliphatic carbocycles. The van der Waals surface area contributed by atoms with Crippen LogP contribution in [-0.2, 0) is 5.75 Å². The highest BCUT2D eigenvalue weighted by Crippen LogP contribution is 2.31. The van der Waals surface area contributed by atoms with Crippen molar-refractivity contribution in [3.63, 3.8) is 0 Å². The van der Waals surface area contributed by atoms with Gasteiger partial charge in [-0.2, -0.15) is 5.26 Å². The number of nitrogens with zero attached hydrogens (tertiary/aromatic N) is 3. The lowest BCUT2D eigenvalue weighted by atomic mass is 10.1. The molecule has 6 heteroatoms. The van der Waals surface area contributed by atoms with Crippen molar-refractivity contribution in [2.45, 2.75) is 17.0 Å². The first-order valence-corrected chi connectivity index (χ1v) is 8.83. The fraction of sp³-hybridized carbons (Fsp3) is 0.118. The van der Waals surface area contributed by atoms with Crippen LogP contribution in [-0.4, -0.2) is 10.2 Å². The number of hydrogen-bond donors (Lipinski definition) is 1. The molecule has 23 heavy (non-hydrogen) atoms. The van der Waals surface area contributed by atoms with Gasteiger partial charge in [0.2, 0.25) is 5.13 Å². The van der Waals surface area contributed by atoms with Crippen LogP contribution in [0.4, 0.5) is 10.8 Å². The summed E-state index contributed by atoms with van der Waals surface area (Å²) in [5.74, 6) is 0.711. The van der Waals surface area contributed by atoms with E-state index in [1.54, 1.807) is 11.8 Å². The van der Waals surface area contributed by atoms with Crippen LogP contribution in [0.1, 0.15) is 16.7 Å². The zero-order chi connectivity index (χ0) is 16.1. The van der Waals surface area contributed by atoms with Crippen molar-refractivity contribution in [3.05, 3.63) is 65.2 Å². The molecule has 1 heterocycles. The number of thioether (sulfide) groups is 1. The van der Waals surface area contributed by atoms with Crippen LogP contribution >= 0.6 is 23.1 Å². The third-order valence-corrected chi connectivity index (χ3v) is 5.30. The standard InChI is InChI=1S/C17H14N4S2/c1-12-6-2-5-9-15(12)19-16-20-21-17(23-16)22-11-14-8-4-3-7-13(14)10-18/h2-9H,11H2,1H3,(H,19,20). The zero-order valence-electron chi connectivity index (χ0n) is 12.5. The van der Waals surface area contributed by atoms with Gasteiger partial charge in [0.25, 0.3) is 0 Å². The van der Waals surface area contributed by atoms with E-state index in [0.29, 0.717) is 11.3 Å². The highest BCUT2D eigenvalue weighted by atomic mass is 32.2. The SMILES string of the molecule is Cc1ccccc1Nc1nnc(SCc2ccccc2C#N)s1. The molecule has 0 atom stereocenters. The average Bonchev–Trinajstić information content (AvgIpc) is 3.03. The summed E-state index contributed by atoms with van der Waals surface area (Å²) < 4.78 is 0.883. The summed E-state index contributed by atoms with van der Waals surface area (Å²) in [6.45, 7) is 2.05. The van der Waals surface area contributed by atoms with Gasteiger partial charge in [-0.3, -0.25) is 0 Å². The number of hydrogen-bond acceptors (Lipinski definition) is 6. The Morgan fingerprint density at radius 3 is 2.74 bits per heavy atom. The minimum atomic E-state index is 0.711. The van der Waals surface area contributed by atoms with Crippen molar-refractivity contribution in [2.24, 2.45) is 0 Å². The van der Waals surface area contributed by atoms with Crippen LogP contribution in [0.3, 0.4) is 0 Å². The molecule has 0 amide bonds. The third kappa shape index (κ3) is 3.89. The Hall–Kier alpha value is -2.36. The lowest BCUT2D eigenvalue weighted by molar-refractivity contribution is 1.01. The van der Waals surface area contributed by atoms with Crippen molar-refractivity contribution in [1.82, 2.24) is 10.2 Å². The minimum absolute atomic E-state index is 0.711. The van der Waals surface area contributed by atoms with Gasteiger partial charge in [-0.05, 0) is 30.2 Å². The molecule has 0 aliphatic rings. The van der Waals surface area contributed by atoms with E-state index in [9.17, 15) is 0 Å². The summed E-state index contributed by atoms with van der Waals surface area (Å²) in [5, 5.41) is 21.6. The lowest BCUT2D eigenvalue weighted by Gasteiger charge is -2.04. The van der Waals surface area contributed by atoms with Crippen molar-refractivity contribution in [1.29, 1.82) is 5.26 Å². The Labute approximate surface area is 143 Å². The summed E-state index contributed by atoms with van der Waals surface area (Å²) in [6.07, 6.45) is 0. The number of anilines is 2. The maximum Gasteiger partial charge on any atom is 0.210 e. The molecule has 2 aromatic carbocycles. The molecule has 114 valence electrons. The first-order valence-electron chi connectivity index (χ1n) is 7.03. The largest absolute Gasteiger partial charge is 0.330 e. The number of nitrogens with one attached hydrogen (secondary N) is 1. The van der Waals surface area contributed by atoms with Crippen LogP contribution in [0.2, 0.25) is 0 Å². The molecule has 0 spiro atoms. The molecule has 0 saturated carbocycles. The Balaban J connectivity index is 1.66. The Morgan fingerprint density at radius 2 is 1.91 bits per heavy atom. The summed E-state index contributed by atoms with van der Waals surface area (Å²) in [6, 6.07) is 17.9. The highest BCUT2D eigenvalue weighted by molar-refractivity contribution is 8.00. The van der Waals surface area contributed by atoms with E-state index in [1.807, 2.05) is 42.5 Å².